The molecule has 0 unspecified atom stereocenters. The summed E-state index contributed by atoms with van der Waals surface area (Å²) in [4.78, 5) is 12.7. The largest absolute Gasteiger partial charge is 0.493 e. The quantitative estimate of drug-likeness (QED) is 0.763. The van der Waals surface area contributed by atoms with Crippen LogP contribution in [0.15, 0.2) is 42.7 Å². The number of halogens is 1. The molecule has 1 heterocycles. The number of nitrogens with one attached hydrogen (secondary N) is 1. The van der Waals surface area contributed by atoms with E-state index >= 15 is 0 Å². The highest BCUT2D eigenvalue weighted by Crippen LogP contribution is 2.32. The number of carbonyl (C=O) groups is 1. The second-order valence-corrected chi connectivity index (χ2v) is 4.91. The first-order valence-corrected chi connectivity index (χ1v) is 7.19. The zero-order valence-corrected chi connectivity index (χ0v) is 13.4. The zero-order valence-electron chi connectivity index (χ0n) is 13.4. The summed E-state index contributed by atoms with van der Waals surface area (Å²) in [7, 11) is 2.92. The third-order valence-electron chi connectivity index (χ3n) is 3.46. The molecule has 0 saturated carbocycles. The van der Waals surface area contributed by atoms with Crippen LogP contribution in [-0.2, 0) is 0 Å². The molecule has 0 aliphatic rings. The number of benzene rings is 2. The van der Waals surface area contributed by atoms with Crippen molar-refractivity contribution in [1.29, 1.82) is 0 Å². The number of para-hydroxylation sites is 1. The Morgan fingerprint density at radius 2 is 1.88 bits per heavy atom. The van der Waals surface area contributed by atoms with E-state index in [2.05, 4.69) is 20.8 Å². The number of hydrogen-bond donors (Lipinski definition) is 1. The monoisotopic (exact) mass is 343 g/mol. The Labute approximate surface area is 142 Å². The van der Waals surface area contributed by atoms with Gasteiger partial charge in [-0.05, 0) is 28.6 Å². The lowest BCUT2D eigenvalue weighted by atomic mass is 10.1. The maximum atomic E-state index is 13.8. The van der Waals surface area contributed by atoms with Gasteiger partial charge in [0.05, 0.1) is 31.2 Å². The summed E-state index contributed by atoms with van der Waals surface area (Å²) in [5, 5.41) is 13.4. The van der Waals surface area contributed by atoms with Crippen LogP contribution in [0.2, 0.25) is 0 Å². The maximum Gasteiger partial charge on any atom is 0.258 e. The van der Waals surface area contributed by atoms with Crippen molar-refractivity contribution in [1.82, 2.24) is 20.2 Å². The Morgan fingerprint density at radius 1 is 1.16 bits per heavy atom. The Kier molecular flexibility index (Phi) is 4.55. The molecule has 1 aromatic heterocycles. The Morgan fingerprint density at radius 3 is 2.52 bits per heavy atom. The molecule has 0 aliphatic carbocycles. The summed E-state index contributed by atoms with van der Waals surface area (Å²) in [6, 6.07) is 8.91. The van der Waals surface area contributed by atoms with Gasteiger partial charge in [0.2, 0.25) is 0 Å². The number of rotatable bonds is 5. The minimum atomic E-state index is -0.545. The van der Waals surface area contributed by atoms with Crippen LogP contribution in [-0.4, -0.2) is 40.3 Å². The van der Waals surface area contributed by atoms with Crippen molar-refractivity contribution in [2.45, 2.75) is 0 Å². The van der Waals surface area contributed by atoms with Crippen LogP contribution in [0.25, 0.3) is 5.69 Å². The molecule has 0 aliphatic heterocycles. The van der Waals surface area contributed by atoms with E-state index in [-0.39, 0.29) is 11.3 Å². The van der Waals surface area contributed by atoms with E-state index in [4.69, 9.17) is 9.47 Å². The highest BCUT2D eigenvalue weighted by atomic mass is 19.1. The molecule has 0 fully saturated rings. The Bertz CT molecular complexity index is 899. The SMILES string of the molecule is COc1cc(C(=O)Nc2ccccc2F)c(-n2cnnn2)cc1OC. The number of amides is 1. The fraction of sp³-hybridized carbons (Fsp3) is 0.125. The summed E-state index contributed by atoms with van der Waals surface area (Å²) in [5.41, 5.74) is 0.606. The summed E-state index contributed by atoms with van der Waals surface area (Å²) in [5.74, 6) is -0.342. The summed E-state index contributed by atoms with van der Waals surface area (Å²) in [6.45, 7) is 0. The lowest BCUT2D eigenvalue weighted by Gasteiger charge is -2.14. The van der Waals surface area contributed by atoms with Crippen molar-refractivity contribution in [2.24, 2.45) is 0 Å². The van der Waals surface area contributed by atoms with Crippen LogP contribution >= 0.6 is 0 Å². The van der Waals surface area contributed by atoms with Gasteiger partial charge in [0.25, 0.3) is 5.91 Å². The maximum absolute atomic E-state index is 13.8. The van der Waals surface area contributed by atoms with E-state index in [0.29, 0.717) is 17.2 Å². The average molecular weight is 343 g/mol. The van der Waals surface area contributed by atoms with Crippen molar-refractivity contribution in [3.05, 3.63) is 54.1 Å². The molecule has 0 atom stereocenters. The first-order valence-electron chi connectivity index (χ1n) is 7.19. The van der Waals surface area contributed by atoms with E-state index in [0.717, 1.165) is 0 Å². The smallest absolute Gasteiger partial charge is 0.258 e. The second kappa shape index (κ2) is 6.95. The van der Waals surface area contributed by atoms with Crippen LogP contribution in [0, 0.1) is 5.82 Å². The van der Waals surface area contributed by atoms with Gasteiger partial charge in [-0.2, -0.15) is 4.68 Å². The predicted molar refractivity (Wildman–Crippen MR) is 86.6 cm³/mol. The summed E-state index contributed by atoms with van der Waals surface area (Å²) >= 11 is 0. The number of aromatic nitrogens is 4. The molecule has 1 amide bonds. The third-order valence-corrected chi connectivity index (χ3v) is 3.46. The predicted octanol–water partition coefficient (Wildman–Crippen LogP) is 2.07. The highest BCUT2D eigenvalue weighted by Gasteiger charge is 2.20. The van der Waals surface area contributed by atoms with E-state index in [9.17, 15) is 9.18 Å². The summed E-state index contributed by atoms with van der Waals surface area (Å²) < 4.78 is 25.6. The van der Waals surface area contributed by atoms with Crippen molar-refractivity contribution < 1.29 is 18.7 Å². The fourth-order valence-electron chi connectivity index (χ4n) is 2.26. The number of methoxy groups -OCH3 is 2. The minimum Gasteiger partial charge on any atom is -0.493 e. The van der Waals surface area contributed by atoms with Crippen LogP contribution in [0.4, 0.5) is 10.1 Å². The molecule has 0 radical (unpaired) electrons. The van der Waals surface area contributed by atoms with Gasteiger partial charge in [-0.1, -0.05) is 12.1 Å². The molecular weight excluding hydrogens is 329 g/mol. The zero-order chi connectivity index (χ0) is 17.8. The third kappa shape index (κ3) is 3.25. The average Bonchev–Trinajstić information content (AvgIpc) is 3.17. The number of hydrogen-bond acceptors (Lipinski definition) is 6. The number of tetrazole rings is 1. The van der Waals surface area contributed by atoms with Crippen LogP contribution < -0.4 is 14.8 Å². The molecule has 9 heteroatoms. The molecule has 0 saturated heterocycles. The van der Waals surface area contributed by atoms with Crippen LogP contribution in [0.3, 0.4) is 0 Å². The van der Waals surface area contributed by atoms with Gasteiger partial charge in [-0.3, -0.25) is 4.79 Å². The molecule has 3 rings (SSSR count). The van der Waals surface area contributed by atoms with E-state index in [1.807, 2.05) is 0 Å². The van der Waals surface area contributed by atoms with Crippen molar-refractivity contribution in [2.75, 3.05) is 19.5 Å². The molecule has 128 valence electrons. The number of nitrogens with zero attached hydrogens (tertiary/aromatic N) is 4. The van der Waals surface area contributed by atoms with Gasteiger partial charge in [-0.25, -0.2) is 4.39 Å². The molecule has 0 spiro atoms. The first kappa shape index (κ1) is 16.4. The minimum absolute atomic E-state index is 0.0601. The van der Waals surface area contributed by atoms with Gasteiger partial charge >= 0.3 is 0 Å². The van der Waals surface area contributed by atoms with Crippen molar-refractivity contribution >= 4 is 11.6 Å². The lowest BCUT2D eigenvalue weighted by molar-refractivity contribution is 0.102. The van der Waals surface area contributed by atoms with Gasteiger partial charge in [0.15, 0.2) is 11.5 Å². The van der Waals surface area contributed by atoms with Gasteiger partial charge in [0, 0.05) is 6.07 Å². The van der Waals surface area contributed by atoms with E-state index in [1.165, 1.54) is 49.5 Å². The molecular formula is C16H14FN5O3. The van der Waals surface area contributed by atoms with Crippen LogP contribution in [0.5, 0.6) is 11.5 Å². The van der Waals surface area contributed by atoms with Crippen molar-refractivity contribution in [3.63, 3.8) is 0 Å². The summed E-state index contributed by atoms with van der Waals surface area (Å²) in [6.07, 6.45) is 1.33. The lowest BCUT2D eigenvalue weighted by Crippen LogP contribution is -2.16. The molecule has 1 N–H and O–H groups in total. The van der Waals surface area contributed by atoms with Crippen molar-refractivity contribution in [3.8, 4) is 17.2 Å². The van der Waals surface area contributed by atoms with Crippen LogP contribution in [0.1, 0.15) is 10.4 Å². The molecule has 0 bridgehead atoms. The molecule has 2 aromatic carbocycles. The Balaban J connectivity index is 2.07. The molecule has 8 nitrogen and oxygen atoms in total. The van der Waals surface area contributed by atoms with E-state index < -0.39 is 11.7 Å². The standard InChI is InChI=1S/C16H14FN5O3/c1-24-14-7-10(16(23)19-12-6-4-3-5-11(12)17)13(8-15(14)25-2)22-9-18-20-21-22/h3-9H,1-2H3,(H,19,23). The highest BCUT2D eigenvalue weighted by molar-refractivity contribution is 6.07. The molecule has 3 aromatic rings. The number of carbonyl (C=O) groups excluding carboxylic acids is 1. The normalized spacial score (nSPS) is 10.4. The van der Waals surface area contributed by atoms with Gasteiger partial charge < -0.3 is 14.8 Å². The van der Waals surface area contributed by atoms with Gasteiger partial charge in [0.1, 0.15) is 12.1 Å². The molecule has 25 heavy (non-hydrogen) atoms. The second-order valence-electron chi connectivity index (χ2n) is 4.91. The van der Waals surface area contributed by atoms with E-state index in [1.54, 1.807) is 12.1 Å². The number of anilines is 1. The fourth-order valence-corrected chi connectivity index (χ4v) is 2.26. The van der Waals surface area contributed by atoms with Gasteiger partial charge in [-0.15, -0.1) is 5.10 Å². The first-order chi connectivity index (χ1) is 12.1. The topological polar surface area (TPSA) is 91.2 Å². The Hall–Kier alpha value is -3.49. The number of ether oxygens (including phenoxy) is 2.